The first-order chi connectivity index (χ1) is 4.20. The molecular weight excluding hydrogens is 158 g/mol. The summed E-state index contributed by atoms with van der Waals surface area (Å²) in [6.07, 6.45) is 1.72. The fourth-order valence-corrected chi connectivity index (χ4v) is 1.17. The molecule has 1 heterocycles. The van der Waals surface area contributed by atoms with E-state index in [0.717, 1.165) is 9.41 Å². The maximum Gasteiger partial charge on any atom is 0.215 e. The lowest BCUT2D eigenvalue weighted by molar-refractivity contribution is 1.16. The maximum absolute atomic E-state index is 5.38. The van der Waals surface area contributed by atoms with Gasteiger partial charge in [-0.1, -0.05) is 11.3 Å². The number of nitrogens with zero attached hydrogens (tertiary/aromatic N) is 2. The molecule has 0 saturated carbocycles. The van der Waals surface area contributed by atoms with Crippen LogP contribution in [0.3, 0.4) is 0 Å². The molecule has 0 unspecified atom stereocenters. The van der Waals surface area contributed by atoms with Crippen LogP contribution in [0.1, 0.15) is 4.88 Å². The van der Waals surface area contributed by atoms with Gasteiger partial charge in [-0.05, 0) is 6.92 Å². The summed E-state index contributed by atoms with van der Waals surface area (Å²) in [5, 5.41) is 0.620. The third kappa shape index (κ3) is 1.54. The SMILES string of the molecule is Cc1cnc(N(N)Cl)s1. The van der Waals surface area contributed by atoms with Gasteiger partial charge < -0.3 is 0 Å². The van der Waals surface area contributed by atoms with Crippen LogP contribution in [-0.2, 0) is 0 Å². The first kappa shape index (κ1) is 6.80. The number of thiazole rings is 1. The molecule has 0 spiro atoms. The van der Waals surface area contributed by atoms with Crippen molar-refractivity contribution in [2.75, 3.05) is 4.53 Å². The van der Waals surface area contributed by atoms with Crippen molar-refractivity contribution in [3.8, 4) is 0 Å². The summed E-state index contributed by atoms with van der Waals surface area (Å²) in [5.41, 5.74) is 0. The van der Waals surface area contributed by atoms with Crippen molar-refractivity contribution >= 4 is 28.2 Å². The molecule has 0 aliphatic rings. The largest absolute Gasteiger partial charge is 0.230 e. The van der Waals surface area contributed by atoms with Gasteiger partial charge in [-0.15, -0.1) is 0 Å². The van der Waals surface area contributed by atoms with Crippen molar-refractivity contribution in [2.45, 2.75) is 6.92 Å². The molecular formula is C4H6ClN3S. The predicted octanol–water partition coefficient (Wildman–Crippen LogP) is 1.29. The van der Waals surface area contributed by atoms with Gasteiger partial charge in [0, 0.05) is 22.9 Å². The number of aryl methyl sites for hydroxylation is 1. The second-order valence-corrected chi connectivity index (χ2v) is 3.14. The number of hydrogen-bond acceptors (Lipinski definition) is 4. The van der Waals surface area contributed by atoms with Crippen LogP contribution in [0.5, 0.6) is 0 Å². The number of aromatic nitrogens is 1. The van der Waals surface area contributed by atoms with E-state index in [0.29, 0.717) is 5.13 Å². The van der Waals surface area contributed by atoms with E-state index in [1.54, 1.807) is 6.20 Å². The molecule has 0 atom stereocenters. The van der Waals surface area contributed by atoms with Crippen LogP contribution < -0.4 is 10.4 Å². The first-order valence-corrected chi connectivity index (χ1v) is 3.48. The van der Waals surface area contributed by atoms with E-state index in [1.807, 2.05) is 6.92 Å². The molecule has 0 amide bonds. The Kier molecular flexibility index (Phi) is 1.90. The third-order valence-corrected chi connectivity index (χ3v) is 1.96. The monoisotopic (exact) mass is 163 g/mol. The Morgan fingerprint density at radius 1 is 1.89 bits per heavy atom. The van der Waals surface area contributed by atoms with Crippen LogP contribution in [0, 0.1) is 6.92 Å². The smallest absolute Gasteiger partial charge is 0.215 e. The Bertz CT molecular complexity index is 197. The molecule has 9 heavy (non-hydrogen) atoms. The van der Waals surface area contributed by atoms with Crippen LogP contribution in [0.2, 0.25) is 0 Å². The minimum Gasteiger partial charge on any atom is -0.230 e. The normalized spacial score (nSPS) is 9.67. The number of halogens is 1. The summed E-state index contributed by atoms with van der Waals surface area (Å²) >= 11 is 6.83. The van der Waals surface area contributed by atoms with Gasteiger partial charge in [-0.25, -0.2) is 10.8 Å². The zero-order chi connectivity index (χ0) is 6.85. The lowest BCUT2D eigenvalue weighted by Gasteiger charge is -1.99. The average molecular weight is 164 g/mol. The predicted molar refractivity (Wildman–Crippen MR) is 39.4 cm³/mol. The number of hydrazine groups is 1. The van der Waals surface area contributed by atoms with E-state index in [4.69, 9.17) is 17.6 Å². The highest BCUT2D eigenvalue weighted by Crippen LogP contribution is 2.19. The molecule has 0 aliphatic carbocycles. The van der Waals surface area contributed by atoms with E-state index in [9.17, 15) is 0 Å². The minimum atomic E-state index is 0.620. The minimum absolute atomic E-state index is 0.620. The molecule has 0 aromatic carbocycles. The Morgan fingerprint density at radius 3 is 2.78 bits per heavy atom. The number of hydrogen-bond donors (Lipinski definition) is 1. The van der Waals surface area contributed by atoms with Gasteiger partial charge in [0.05, 0.1) is 0 Å². The fourth-order valence-electron chi connectivity index (χ4n) is 0.442. The third-order valence-electron chi connectivity index (χ3n) is 0.792. The number of rotatable bonds is 1. The van der Waals surface area contributed by atoms with Crippen molar-refractivity contribution in [1.29, 1.82) is 0 Å². The van der Waals surface area contributed by atoms with E-state index >= 15 is 0 Å². The van der Waals surface area contributed by atoms with Crippen molar-refractivity contribution < 1.29 is 0 Å². The van der Waals surface area contributed by atoms with E-state index in [2.05, 4.69) is 4.98 Å². The lowest BCUT2D eigenvalue weighted by atomic mass is 10.7. The molecule has 0 fully saturated rings. The Morgan fingerprint density at radius 2 is 2.56 bits per heavy atom. The van der Waals surface area contributed by atoms with Gasteiger partial charge in [0.15, 0.2) is 0 Å². The van der Waals surface area contributed by atoms with Crippen molar-refractivity contribution in [1.82, 2.24) is 4.98 Å². The van der Waals surface area contributed by atoms with E-state index in [-0.39, 0.29) is 0 Å². The molecule has 0 aliphatic heterocycles. The molecule has 5 heteroatoms. The topological polar surface area (TPSA) is 42.2 Å². The summed E-state index contributed by atoms with van der Waals surface area (Å²) in [4.78, 5) is 5.00. The quantitative estimate of drug-likeness (QED) is 0.385. The van der Waals surface area contributed by atoms with Gasteiger partial charge in [0.2, 0.25) is 5.13 Å². The second kappa shape index (κ2) is 2.51. The van der Waals surface area contributed by atoms with Crippen LogP contribution in [0.15, 0.2) is 6.20 Å². The molecule has 0 radical (unpaired) electrons. The Labute approximate surface area is 62.1 Å². The molecule has 1 aromatic heterocycles. The summed E-state index contributed by atoms with van der Waals surface area (Å²) < 4.78 is 0.984. The molecule has 1 rings (SSSR count). The van der Waals surface area contributed by atoms with Crippen LogP contribution >= 0.6 is 23.1 Å². The van der Waals surface area contributed by atoms with Crippen LogP contribution in [0.4, 0.5) is 5.13 Å². The number of nitrogens with two attached hydrogens (primary N) is 1. The highest BCUT2D eigenvalue weighted by molar-refractivity contribution is 7.15. The Hall–Kier alpha value is -0.320. The van der Waals surface area contributed by atoms with Crippen molar-refractivity contribution in [2.24, 2.45) is 5.84 Å². The molecule has 3 nitrogen and oxygen atoms in total. The first-order valence-electron chi connectivity index (χ1n) is 2.33. The highest BCUT2D eigenvalue weighted by Gasteiger charge is 2.00. The van der Waals surface area contributed by atoms with Crippen molar-refractivity contribution in [3.05, 3.63) is 11.1 Å². The molecule has 50 valence electrons. The van der Waals surface area contributed by atoms with Crippen molar-refractivity contribution in [3.63, 3.8) is 0 Å². The van der Waals surface area contributed by atoms with Gasteiger partial charge in [0.1, 0.15) is 0 Å². The summed E-state index contributed by atoms with van der Waals surface area (Å²) in [6.45, 7) is 1.95. The van der Waals surface area contributed by atoms with Crippen LogP contribution in [-0.4, -0.2) is 4.98 Å². The molecule has 0 bridgehead atoms. The van der Waals surface area contributed by atoms with Gasteiger partial charge in [0.25, 0.3) is 0 Å². The maximum atomic E-state index is 5.38. The summed E-state index contributed by atoms with van der Waals surface area (Å²) in [6, 6.07) is 0. The van der Waals surface area contributed by atoms with Gasteiger partial charge in [-0.3, -0.25) is 0 Å². The summed E-state index contributed by atoms with van der Waals surface area (Å²) in [7, 11) is 0. The Balaban J connectivity index is 2.85. The molecule has 2 N–H and O–H groups in total. The van der Waals surface area contributed by atoms with E-state index in [1.165, 1.54) is 11.3 Å². The van der Waals surface area contributed by atoms with Crippen LogP contribution in [0.25, 0.3) is 0 Å². The average Bonchev–Trinajstić information content (AvgIpc) is 2.14. The lowest BCUT2D eigenvalue weighted by Crippen LogP contribution is -2.17. The van der Waals surface area contributed by atoms with E-state index < -0.39 is 0 Å². The second-order valence-electron chi connectivity index (χ2n) is 1.56. The fraction of sp³-hybridized carbons (Fsp3) is 0.250. The zero-order valence-electron chi connectivity index (χ0n) is 4.84. The highest BCUT2D eigenvalue weighted by atomic mass is 35.5. The summed E-state index contributed by atoms with van der Waals surface area (Å²) in [5.74, 6) is 5.17. The number of anilines is 1. The zero-order valence-corrected chi connectivity index (χ0v) is 6.41. The molecule has 1 aromatic rings. The van der Waals surface area contributed by atoms with Gasteiger partial charge in [-0.2, -0.15) is 4.53 Å². The standard InChI is InChI=1S/C4H6ClN3S/c1-3-2-7-4(9-3)8(5)6/h2H,6H2,1H3. The van der Waals surface area contributed by atoms with Gasteiger partial charge >= 0.3 is 0 Å². The molecule has 0 saturated heterocycles.